The average molecular weight is 565 g/mol. The van der Waals surface area contributed by atoms with Crippen LogP contribution in [-0.4, -0.2) is 35.6 Å². The molecule has 0 saturated heterocycles. The Morgan fingerprint density at radius 2 is 1.68 bits per heavy atom. The molecule has 0 unspecified atom stereocenters. The Hall–Kier alpha value is -1.95. The number of methoxy groups -OCH3 is 1. The molecule has 2 heterocycles. The van der Waals surface area contributed by atoms with Crippen molar-refractivity contribution in [3.63, 3.8) is 0 Å². The maximum Gasteiger partial charge on any atom is 0.339 e. The van der Waals surface area contributed by atoms with Gasteiger partial charge in [-0.1, -0.05) is 19.8 Å². The molecular formula is C18H22BrIN4O4. The van der Waals surface area contributed by atoms with Crippen molar-refractivity contribution in [2.24, 2.45) is 0 Å². The Labute approximate surface area is 185 Å². The number of hydrogen-bond donors (Lipinski definition) is 2. The number of aromatic nitrogens is 2. The first-order valence-corrected chi connectivity index (χ1v) is 10.2. The molecule has 0 bridgehead atoms. The van der Waals surface area contributed by atoms with Crippen molar-refractivity contribution in [1.82, 2.24) is 9.97 Å². The van der Waals surface area contributed by atoms with E-state index in [1.807, 2.05) is 22.6 Å². The van der Waals surface area contributed by atoms with Crippen molar-refractivity contribution in [3.8, 4) is 0 Å². The number of pyridine rings is 2. The second-order valence-corrected chi connectivity index (χ2v) is 7.53. The molecule has 4 N–H and O–H groups in total. The van der Waals surface area contributed by atoms with Gasteiger partial charge in [-0.2, -0.15) is 0 Å². The molecule has 0 aliphatic carbocycles. The molecule has 2 rings (SSSR count). The molecule has 152 valence electrons. The number of halogens is 2. The maximum atomic E-state index is 11.7. The molecule has 0 fully saturated rings. The normalized spacial score (nSPS) is 9.86. The van der Waals surface area contributed by atoms with Crippen LogP contribution >= 0.6 is 38.5 Å². The second kappa shape index (κ2) is 12.5. The van der Waals surface area contributed by atoms with E-state index < -0.39 is 5.97 Å². The van der Waals surface area contributed by atoms with Gasteiger partial charge in [0.25, 0.3) is 0 Å². The zero-order valence-electron chi connectivity index (χ0n) is 15.6. The lowest BCUT2D eigenvalue weighted by Crippen LogP contribution is -2.09. The van der Waals surface area contributed by atoms with E-state index in [4.69, 9.17) is 16.2 Å². The molecule has 0 atom stereocenters. The minimum Gasteiger partial charge on any atom is -0.465 e. The van der Waals surface area contributed by atoms with Gasteiger partial charge in [-0.15, -0.1) is 0 Å². The summed E-state index contributed by atoms with van der Waals surface area (Å²) < 4.78 is 11.0. The first-order chi connectivity index (χ1) is 13.3. The summed E-state index contributed by atoms with van der Waals surface area (Å²) in [5.74, 6) is -0.134. The summed E-state index contributed by atoms with van der Waals surface area (Å²) in [6.45, 7) is 2.57. The van der Waals surface area contributed by atoms with Gasteiger partial charge in [0.2, 0.25) is 0 Å². The topological polar surface area (TPSA) is 130 Å². The van der Waals surface area contributed by atoms with Gasteiger partial charge in [0, 0.05) is 16.0 Å². The molecule has 0 aromatic carbocycles. The molecule has 0 spiro atoms. The second-order valence-electron chi connectivity index (χ2n) is 5.51. The molecule has 0 aliphatic heterocycles. The monoisotopic (exact) mass is 564 g/mol. The van der Waals surface area contributed by atoms with E-state index in [0.717, 1.165) is 22.8 Å². The van der Waals surface area contributed by atoms with Crippen molar-refractivity contribution in [2.45, 2.75) is 26.2 Å². The van der Waals surface area contributed by atoms with Gasteiger partial charge < -0.3 is 20.9 Å². The summed E-state index contributed by atoms with van der Waals surface area (Å²) in [4.78, 5) is 30.4. The van der Waals surface area contributed by atoms with E-state index in [2.05, 4.69) is 37.6 Å². The predicted molar refractivity (Wildman–Crippen MR) is 119 cm³/mol. The Balaban J connectivity index is 0.000000292. The first kappa shape index (κ1) is 24.1. The molecule has 10 heteroatoms. The van der Waals surface area contributed by atoms with Gasteiger partial charge >= 0.3 is 11.9 Å². The number of rotatable bonds is 6. The number of unbranched alkanes of at least 4 members (excludes halogenated alkanes) is 2. The van der Waals surface area contributed by atoms with Crippen LogP contribution in [0.1, 0.15) is 46.9 Å². The fourth-order valence-corrected chi connectivity index (χ4v) is 2.82. The Kier molecular flexibility index (Phi) is 10.8. The minimum absolute atomic E-state index is 0.290. The van der Waals surface area contributed by atoms with Crippen molar-refractivity contribution in [1.29, 1.82) is 0 Å². The van der Waals surface area contributed by atoms with Crippen LogP contribution in [0, 0.1) is 3.57 Å². The van der Waals surface area contributed by atoms with Crippen molar-refractivity contribution < 1.29 is 19.1 Å². The van der Waals surface area contributed by atoms with Crippen LogP contribution in [0.25, 0.3) is 0 Å². The van der Waals surface area contributed by atoms with E-state index in [1.165, 1.54) is 19.4 Å². The number of nitrogens with zero attached hydrogens (tertiary/aromatic N) is 2. The fourth-order valence-electron chi connectivity index (χ4n) is 1.93. The first-order valence-electron chi connectivity index (χ1n) is 8.37. The molecule has 0 saturated carbocycles. The van der Waals surface area contributed by atoms with Gasteiger partial charge in [-0.25, -0.2) is 19.6 Å². The molecule has 8 nitrogen and oxygen atoms in total. The van der Waals surface area contributed by atoms with Gasteiger partial charge in [0.15, 0.2) is 0 Å². The van der Waals surface area contributed by atoms with E-state index in [9.17, 15) is 9.59 Å². The van der Waals surface area contributed by atoms with Crippen molar-refractivity contribution >= 4 is 62.1 Å². The summed E-state index contributed by atoms with van der Waals surface area (Å²) in [5, 5.41) is 0. The quantitative estimate of drug-likeness (QED) is 0.307. The zero-order chi connectivity index (χ0) is 21.1. The Morgan fingerprint density at radius 1 is 1.07 bits per heavy atom. The third-order valence-corrected chi connectivity index (χ3v) is 4.85. The lowest BCUT2D eigenvalue weighted by molar-refractivity contribution is 0.0496. The molecule has 2 aromatic rings. The van der Waals surface area contributed by atoms with Crippen LogP contribution in [0.5, 0.6) is 0 Å². The van der Waals surface area contributed by atoms with Crippen molar-refractivity contribution in [2.75, 3.05) is 25.2 Å². The van der Waals surface area contributed by atoms with Gasteiger partial charge in [-0.05, 0) is 57.1 Å². The number of nitrogen functional groups attached to an aromatic ring is 2. The molecule has 0 aliphatic rings. The minimum atomic E-state index is -0.434. The lowest BCUT2D eigenvalue weighted by Gasteiger charge is -2.06. The highest BCUT2D eigenvalue weighted by molar-refractivity contribution is 14.1. The summed E-state index contributed by atoms with van der Waals surface area (Å²) in [6.07, 6.45) is 6.11. The van der Waals surface area contributed by atoms with Gasteiger partial charge in [0.05, 0.1) is 29.3 Å². The third-order valence-electron chi connectivity index (χ3n) is 3.36. The highest BCUT2D eigenvalue weighted by Crippen LogP contribution is 2.18. The summed E-state index contributed by atoms with van der Waals surface area (Å²) >= 11 is 5.19. The highest BCUT2D eigenvalue weighted by atomic mass is 127. The molecule has 0 amide bonds. The average Bonchev–Trinajstić information content (AvgIpc) is 2.68. The van der Waals surface area contributed by atoms with E-state index in [1.54, 1.807) is 12.3 Å². The maximum absolute atomic E-state index is 11.7. The summed E-state index contributed by atoms with van der Waals surface area (Å²) in [7, 11) is 1.31. The number of nitrogens with two attached hydrogens (primary N) is 2. The summed E-state index contributed by atoms with van der Waals surface area (Å²) in [6, 6.07) is 3.00. The third kappa shape index (κ3) is 7.97. The van der Waals surface area contributed by atoms with E-state index in [0.29, 0.717) is 33.8 Å². The standard InChI is InChI=1S/C11H15IN2O2.C7H7BrN2O2/c1-2-3-4-5-16-11(15)8-6-10(13)14-7-9(8)12;1-12-7(11)4-2-6(9)10-3-5(4)8/h6-7H,2-5H2,1H3,(H2,13,14);2-3H,1H3,(H2,9,10). The number of anilines is 2. The SMILES string of the molecule is CCCCCOC(=O)c1cc(N)ncc1I.COC(=O)c1cc(N)ncc1Br. The Morgan fingerprint density at radius 3 is 2.29 bits per heavy atom. The lowest BCUT2D eigenvalue weighted by atomic mass is 10.2. The van der Waals surface area contributed by atoms with Gasteiger partial charge in [-0.3, -0.25) is 0 Å². The summed E-state index contributed by atoms with van der Waals surface area (Å²) in [5.41, 5.74) is 11.8. The zero-order valence-corrected chi connectivity index (χ0v) is 19.3. The van der Waals surface area contributed by atoms with Gasteiger partial charge in [0.1, 0.15) is 11.6 Å². The fraction of sp³-hybridized carbons (Fsp3) is 0.333. The van der Waals surface area contributed by atoms with Crippen LogP contribution in [0.15, 0.2) is 29.0 Å². The number of ether oxygens (including phenoxy) is 2. The number of hydrogen-bond acceptors (Lipinski definition) is 8. The highest BCUT2D eigenvalue weighted by Gasteiger charge is 2.12. The van der Waals surface area contributed by atoms with Crippen LogP contribution in [0.3, 0.4) is 0 Å². The van der Waals surface area contributed by atoms with Crippen LogP contribution < -0.4 is 11.5 Å². The molecule has 0 radical (unpaired) electrons. The van der Waals surface area contributed by atoms with E-state index in [-0.39, 0.29) is 5.97 Å². The van der Waals surface area contributed by atoms with Crippen LogP contribution in [0.2, 0.25) is 0 Å². The number of carbonyl (C=O) groups is 2. The molecule has 2 aromatic heterocycles. The smallest absolute Gasteiger partial charge is 0.339 e. The number of carbonyl (C=O) groups excluding carboxylic acids is 2. The Bertz CT molecular complexity index is 820. The van der Waals surface area contributed by atoms with Crippen LogP contribution in [0.4, 0.5) is 11.6 Å². The predicted octanol–water partition coefficient (Wildman–Crippen LogP) is 3.83. The van der Waals surface area contributed by atoms with Crippen LogP contribution in [-0.2, 0) is 9.47 Å². The molecular weight excluding hydrogens is 543 g/mol. The number of esters is 2. The largest absolute Gasteiger partial charge is 0.465 e. The molecule has 28 heavy (non-hydrogen) atoms. The van der Waals surface area contributed by atoms with E-state index >= 15 is 0 Å². The van der Waals surface area contributed by atoms with Crippen molar-refractivity contribution in [3.05, 3.63) is 43.7 Å².